The van der Waals surface area contributed by atoms with Crippen LogP contribution >= 0.6 is 22.7 Å². The molecule has 0 bridgehead atoms. The first-order chi connectivity index (χ1) is 31.4. The number of aromatic nitrogens is 8. The number of morpholine rings is 2. The van der Waals surface area contributed by atoms with Crippen LogP contribution in [0.4, 0.5) is 52.9 Å². The Morgan fingerprint density at radius 2 is 1.11 bits per heavy atom. The molecule has 66 heavy (non-hydrogen) atoms. The summed E-state index contributed by atoms with van der Waals surface area (Å²) in [5.41, 5.74) is 3.90. The smallest absolute Gasteiger partial charge is 0.416 e. The van der Waals surface area contributed by atoms with Crippen LogP contribution in [0.2, 0.25) is 0 Å². The van der Waals surface area contributed by atoms with E-state index in [-0.39, 0.29) is 6.61 Å². The van der Waals surface area contributed by atoms with E-state index in [9.17, 15) is 19.5 Å². The van der Waals surface area contributed by atoms with Gasteiger partial charge in [-0.3, -0.25) is 9.80 Å². The van der Waals surface area contributed by atoms with Gasteiger partial charge >= 0.3 is 18.2 Å². The highest BCUT2D eigenvalue weighted by molar-refractivity contribution is 7.19. The first kappa shape index (κ1) is 47.4. The Morgan fingerprint density at radius 3 is 1.55 bits per heavy atom. The molecule has 27 heteroatoms. The van der Waals surface area contributed by atoms with E-state index in [4.69, 9.17) is 32.9 Å². The molecule has 354 valence electrons. The molecule has 4 aromatic heterocycles. The van der Waals surface area contributed by atoms with Gasteiger partial charge in [0.05, 0.1) is 68.5 Å². The lowest BCUT2D eigenvalue weighted by Crippen LogP contribution is -2.37. The number of methoxy groups -OCH3 is 1. The van der Waals surface area contributed by atoms with E-state index in [1.165, 1.54) is 28.2 Å². The number of hydrogen-bond acceptors (Lipinski definition) is 25. The average Bonchev–Trinajstić information content (AvgIpc) is 4.14. The molecule has 0 spiro atoms. The summed E-state index contributed by atoms with van der Waals surface area (Å²) >= 11 is 2.29. The number of aliphatic hydroxyl groups is 1. The van der Waals surface area contributed by atoms with E-state index >= 15 is 0 Å². The molecule has 2 aliphatic rings. The van der Waals surface area contributed by atoms with Gasteiger partial charge in [0.25, 0.3) is 0 Å². The van der Waals surface area contributed by atoms with Crippen LogP contribution in [0.25, 0.3) is 22.1 Å². The average molecular weight is 955 g/mol. The lowest BCUT2D eigenvalue weighted by atomic mass is 10.1. The number of nitrogens with zero attached hydrogens (tertiary/aromatic N) is 12. The zero-order valence-electron chi connectivity index (χ0n) is 37.7. The molecular weight excluding hydrogens is 905 g/mol. The van der Waals surface area contributed by atoms with Crippen molar-refractivity contribution in [3.8, 4) is 0 Å². The second kappa shape index (κ2) is 19.9. The number of fused-ring (bicyclic) bond motifs is 2. The van der Waals surface area contributed by atoms with Crippen molar-refractivity contribution < 1.29 is 52.4 Å². The summed E-state index contributed by atoms with van der Waals surface area (Å²) in [5, 5.41) is 50.3. The molecule has 0 unspecified atom stereocenters. The normalized spacial score (nSPS) is 14.4. The molecule has 0 aliphatic carbocycles. The van der Waals surface area contributed by atoms with Gasteiger partial charge in [-0.2, -0.15) is 0 Å². The minimum Gasteiger partial charge on any atom is -0.465 e. The Kier molecular flexibility index (Phi) is 14.3. The Morgan fingerprint density at radius 1 is 0.682 bits per heavy atom. The Bertz CT molecular complexity index is 2660. The number of anilines is 8. The maximum atomic E-state index is 12.7. The molecule has 0 atom stereocenters. The van der Waals surface area contributed by atoms with E-state index in [0.29, 0.717) is 123 Å². The molecule has 2 amide bonds. The summed E-state index contributed by atoms with van der Waals surface area (Å²) in [6.07, 6.45) is -1.08. The number of aliphatic hydroxyl groups excluding tert-OH is 1. The maximum Gasteiger partial charge on any atom is 0.416 e. The second-order valence-electron chi connectivity index (χ2n) is 16.6. The van der Waals surface area contributed by atoms with Gasteiger partial charge in [0.1, 0.15) is 11.2 Å². The third-order valence-electron chi connectivity index (χ3n) is 9.55. The minimum atomic E-state index is -0.644. The van der Waals surface area contributed by atoms with Crippen LogP contribution in [0.1, 0.15) is 57.5 Å². The lowest BCUT2D eigenvalue weighted by Gasteiger charge is -2.30. The maximum absolute atomic E-state index is 12.7. The van der Waals surface area contributed by atoms with E-state index in [2.05, 4.69) is 56.6 Å². The van der Waals surface area contributed by atoms with Crippen molar-refractivity contribution in [3.63, 3.8) is 0 Å². The van der Waals surface area contributed by atoms with Gasteiger partial charge in [-0.05, 0) is 74.3 Å². The summed E-state index contributed by atoms with van der Waals surface area (Å²) < 4.78 is 36.6. The fourth-order valence-corrected chi connectivity index (χ4v) is 8.00. The van der Waals surface area contributed by atoms with Gasteiger partial charge < -0.3 is 49.2 Å². The molecule has 2 aliphatic heterocycles. The van der Waals surface area contributed by atoms with Crippen molar-refractivity contribution in [2.75, 3.05) is 104 Å². The van der Waals surface area contributed by atoms with Crippen molar-refractivity contribution in [2.24, 2.45) is 0 Å². The lowest BCUT2D eigenvalue weighted by molar-refractivity contribution is 0.0578. The Labute approximate surface area is 385 Å². The molecule has 25 nitrogen and oxygen atoms in total. The highest BCUT2D eigenvalue weighted by Gasteiger charge is 2.30. The zero-order valence-corrected chi connectivity index (χ0v) is 39.4. The van der Waals surface area contributed by atoms with E-state index in [1.54, 1.807) is 67.8 Å². The van der Waals surface area contributed by atoms with Crippen LogP contribution in [-0.4, -0.2) is 149 Å². The monoisotopic (exact) mass is 954 g/mol. The SMILES string of the molecule is CN(C(=O)OC(C)(C)C)c1nnc(Nc2cc(CO)c(N3CCOCC3)c3nonc23)s1.COC(=O)c1cc(Nc2nnc(N(C)C(=O)OC(C)(C)C)s2)c2nonc2c1N1CCOCC1. The number of benzene rings is 2. The number of ether oxygens (including phenoxy) is 5. The number of hydrogen-bond donors (Lipinski definition) is 3. The van der Waals surface area contributed by atoms with E-state index in [0.717, 1.165) is 17.0 Å². The van der Waals surface area contributed by atoms with Gasteiger partial charge in [0, 0.05) is 45.8 Å². The zero-order chi connectivity index (χ0) is 47.3. The molecule has 6 aromatic rings. The molecule has 0 saturated carbocycles. The van der Waals surface area contributed by atoms with Gasteiger partial charge in [-0.1, -0.05) is 22.7 Å². The highest BCUT2D eigenvalue weighted by atomic mass is 32.1. The molecule has 2 fully saturated rings. The number of nitrogens with one attached hydrogen (secondary N) is 2. The highest BCUT2D eigenvalue weighted by Crippen LogP contribution is 2.39. The summed E-state index contributed by atoms with van der Waals surface area (Å²) in [5.74, 6) is -0.531. The van der Waals surface area contributed by atoms with Crippen LogP contribution in [0, 0.1) is 0 Å². The van der Waals surface area contributed by atoms with Crippen LogP contribution in [0.15, 0.2) is 21.4 Å². The predicted molar refractivity (Wildman–Crippen MR) is 243 cm³/mol. The van der Waals surface area contributed by atoms with Crippen LogP contribution in [0.3, 0.4) is 0 Å². The number of esters is 1. The van der Waals surface area contributed by atoms with Gasteiger partial charge in [0.15, 0.2) is 22.1 Å². The second-order valence-corrected chi connectivity index (χ2v) is 18.5. The van der Waals surface area contributed by atoms with Gasteiger partial charge in [0.2, 0.25) is 20.5 Å². The number of amides is 2. The first-order valence-corrected chi connectivity index (χ1v) is 22.1. The summed E-state index contributed by atoms with van der Waals surface area (Å²) in [4.78, 5) is 43.9. The van der Waals surface area contributed by atoms with Crippen LogP contribution in [0.5, 0.6) is 0 Å². The van der Waals surface area contributed by atoms with Crippen molar-refractivity contribution in [1.29, 1.82) is 0 Å². The summed E-state index contributed by atoms with van der Waals surface area (Å²) in [7, 11) is 4.43. The number of carbonyl (C=O) groups excluding carboxylic acids is 3. The number of rotatable bonds is 10. The Hall–Kier alpha value is -6.55. The molecular formula is C39H50N14O11S2. The van der Waals surface area contributed by atoms with Crippen molar-refractivity contribution >= 4 is 106 Å². The largest absolute Gasteiger partial charge is 0.465 e. The third kappa shape index (κ3) is 10.9. The molecule has 6 heterocycles. The third-order valence-corrected chi connectivity index (χ3v) is 11.4. The molecule has 8 rings (SSSR count). The topological polar surface area (TPSA) is 284 Å². The number of carbonyl (C=O) groups is 3. The fraction of sp³-hybridized carbons (Fsp3) is 0.513. The minimum absolute atomic E-state index is 0.188. The molecule has 2 aromatic carbocycles. The first-order valence-electron chi connectivity index (χ1n) is 20.5. The predicted octanol–water partition coefficient (Wildman–Crippen LogP) is 5.33. The molecule has 2 saturated heterocycles. The quantitative estimate of drug-likeness (QED) is 0.115. The Balaban J connectivity index is 0.000000197. The van der Waals surface area contributed by atoms with Crippen LogP contribution < -0.4 is 30.2 Å². The van der Waals surface area contributed by atoms with Gasteiger partial charge in [-0.15, -0.1) is 20.4 Å². The van der Waals surface area contributed by atoms with E-state index < -0.39 is 29.4 Å². The molecule has 3 N–H and O–H groups in total. The van der Waals surface area contributed by atoms with Crippen molar-refractivity contribution in [3.05, 3.63) is 23.3 Å². The van der Waals surface area contributed by atoms with Crippen LogP contribution in [-0.2, 0) is 30.3 Å². The molecule has 0 radical (unpaired) electrons. The van der Waals surface area contributed by atoms with Gasteiger partial charge in [-0.25, -0.2) is 23.6 Å². The van der Waals surface area contributed by atoms with Crippen molar-refractivity contribution in [2.45, 2.75) is 59.4 Å². The summed E-state index contributed by atoms with van der Waals surface area (Å²) in [6, 6.07) is 3.40. The van der Waals surface area contributed by atoms with E-state index in [1.807, 2.05) is 4.90 Å². The fourth-order valence-electron chi connectivity index (χ4n) is 6.59. The standard InChI is InChI=1S/C20H25N7O6S.C19H25N7O5S/c1-20(2,3)32-19(29)26(4)18-23-22-17(34-18)21-12-10-11(16(28)30-5)15(14-13(12)24-33-25-14)27-6-8-31-9-7-27;1-19(2,3)30-18(28)25(4)17-22-21-16(32-17)20-12-9-11(10-27)15(14-13(12)23-31-24-14)26-5-7-29-8-6-26/h10H,6-9H2,1-5H3,(H,21,22);9,27H,5-8,10H2,1-4H3,(H,20,21). The summed E-state index contributed by atoms with van der Waals surface area (Å²) in [6.45, 7) is 15.3. The van der Waals surface area contributed by atoms with Crippen molar-refractivity contribution in [1.82, 2.24) is 41.0 Å².